The Labute approximate surface area is 212 Å². The van der Waals surface area contributed by atoms with E-state index in [1.54, 1.807) is 49.4 Å². The fourth-order valence-electron chi connectivity index (χ4n) is 3.56. The van der Waals surface area contributed by atoms with Gasteiger partial charge < -0.3 is 10.1 Å². The number of rotatable bonds is 5. The summed E-state index contributed by atoms with van der Waals surface area (Å²) in [5, 5.41) is 8.56. The maximum Gasteiger partial charge on any atom is 0.343 e. The minimum atomic E-state index is -0.968. The van der Waals surface area contributed by atoms with Crippen LogP contribution in [0.2, 0.25) is 5.02 Å². The van der Waals surface area contributed by atoms with Crippen LogP contribution in [0.5, 0.6) is 5.75 Å². The number of carbonyl (C=O) groups is 3. The van der Waals surface area contributed by atoms with Gasteiger partial charge in [-0.2, -0.15) is 5.10 Å². The van der Waals surface area contributed by atoms with Gasteiger partial charge >= 0.3 is 17.8 Å². The molecule has 7 nitrogen and oxygen atoms in total. The van der Waals surface area contributed by atoms with Gasteiger partial charge in [0.2, 0.25) is 0 Å². The first-order chi connectivity index (χ1) is 17.3. The van der Waals surface area contributed by atoms with Gasteiger partial charge in [-0.25, -0.2) is 10.2 Å². The normalized spacial score (nSPS) is 10.9. The van der Waals surface area contributed by atoms with Crippen molar-refractivity contribution in [3.05, 3.63) is 106 Å². The number of nitrogens with one attached hydrogen (secondary N) is 2. The highest BCUT2D eigenvalue weighted by Crippen LogP contribution is 2.27. The van der Waals surface area contributed by atoms with E-state index < -0.39 is 17.8 Å². The summed E-state index contributed by atoms with van der Waals surface area (Å²) in [6, 6.07) is 23.0. The Morgan fingerprint density at radius 3 is 2.47 bits per heavy atom. The number of amides is 2. The van der Waals surface area contributed by atoms with Crippen molar-refractivity contribution >= 4 is 52.1 Å². The molecule has 0 aliphatic heterocycles. The smallest absolute Gasteiger partial charge is 0.343 e. The van der Waals surface area contributed by atoms with Crippen molar-refractivity contribution in [2.75, 3.05) is 5.32 Å². The summed E-state index contributed by atoms with van der Waals surface area (Å²) in [6.07, 6.45) is 1.34. The van der Waals surface area contributed by atoms with Crippen LogP contribution in [0.3, 0.4) is 0 Å². The second-order valence-electron chi connectivity index (χ2n) is 8.02. The van der Waals surface area contributed by atoms with E-state index in [2.05, 4.69) is 15.8 Å². The van der Waals surface area contributed by atoms with Crippen molar-refractivity contribution in [3.63, 3.8) is 0 Å². The monoisotopic (exact) mass is 499 g/mol. The molecule has 0 unspecified atom stereocenters. The number of nitrogens with zero attached hydrogens (tertiary/aromatic N) is 1. The van der Waals surface area contributed by atoms with Crippen LogP contribution in [-0.2, 0) is 9.59 Å². The zero-order valence-electron chi connectivity index (χ0n) is 19.5. The van der Waals surface area contributed by atoms with Gasteiger partial charge in [-0.1, -0.05) is 65.7 Å². The zero-order chi connectivity index (χ0) is 25.7. The predicted molar refractivity (Wildman–Crippen MR) is 141 cm³/mol. The Balaban J connectivity index is 1.55. The van der Waals surface area contributed by atoms with E-state index in [0.29, 0.717) is 27.4 Å². The van der Waals surface area contributed by atoms with E-state index >= 15 is 0 Å². The van der Waals surface area contributed by atoms with Crippen molar-refractivity contribution in [2.45, 2.75) is 13.8 Å². The first-order valence-electron chi connectivity index (χ1n) is 11.0. The lowest BCUT2D eigenvalue weighted by atomic mass is 10.0. The molecule has 180 valence electrons. The minimum absolute atomic E-state index is 0.261. The number of aryl methyl sites for hydroxylation is 1. The van der Waals surface area contributed by atoms with Gasteiger partial charge in [0.05, 0.1) is 11.8 Å². The van der Waals surface area contributed by atoms with Crippen LogP contribution in [0.15, 0.2) is 84.0 Å². The highest BCUT2D eigenvalue weighted by atomic mass is 35.5. The highest BCUT2D eigenvalue weighted by Gasteiger charge is 2.16. The molecule has 2 N–H and O–H groups in total. The van der Waals surface area contributed by atoms with Gasteiger partial charge in [0, 0.05) is 16.3 Å². The van der Waals surface area contributed by atoms with Crippen LogP contribution in [-0.4, -0.2) is 24.0 Å². The van der Waals surface area contributed by atoms with Crippen molar-refractivity contribution in [3.8, 4) is 5.75 Å². The molecule has 4 aromatic rings. The number of hydrogen-bond acceptors (Lipinski definition) is 5. The number of carbonyl (C=O) groups excluding carboxylic acids is 3. The Kier molecular flexibility index (Phi) is 7.42. The molecule has 0 saturated heterocycles. The third kappa shape index (κ3) is 5.59. The average molecular weight is 500 g/mol. The maximum atomic E-state index is 12.8. The third-order valence-electron chi connectivity index (χ3n) is 5.47. The molecule has 2 amide bonds. The summed E-state index contributed by atoms with van der Waals surface area (Å²) in [4.78, 5) is 37.4. The number of halogens is 1. The summed E-state index contributed by atoms with van der Waals surface area (Å²) < 4.78 is 5.67. The molecular formula is C28H22ClN3O4. The summed E-state index contributed by atoms with van der Waals surface area (Å²) in [5.74, 6) is -2.13. The van der Waals surface area contributed by atoms with Gasteiger partial charge in [-0.15, -0.1) is 0 Å². The Hall–Kier alpha value is -4.49. The number of fused-ring (bicyclic) bond motifs is 1. The molecule has 0 atom stereocenters. The lowest BCUT2D eigenvalue weighted by Gasteiger charge is -2.11. The van der Waals surface area contributed by atoms with Crippen molar-refractivity contribution in [1.29, 1.82) is 0 Å². The molecule has 8 heteroatoms. The third-order valence-corrected chi connectivity index (χ3v) is 5.88. The Morgan fingerprint density at radius 1 is 0.889 bits per heavy atom. The molecule has 0 radical (unpaired) electrons. The van der Waals surface area contributed by atoms with E-state index in [1.807, 2.05) is 43.3 Å². The molecular weight excluding hydrogens is 478 g/mol. The second kappa shape index (κ2) is 10.8. The number of hydrazone groups is 1. The molecule has 0 heterocycles. The van der Waals surface area contributed by atoms with Crippen LogP contribution in [0.4, 0.5) is 5.69 Å². The fraction of sp³-hybridized carbons (Fsp3) is 0.0714. The molecule has 0 aliphatic carbocycles. The quantitative estimate of drug-likeness (QED) is 0.126. The molecule has 36 heavy (non-hydrogen) atoms. The van der Waals surface area contributed by atoms with Crippen molar-refractivity contribution < 1.29 is 19.1 Å². The number of esters is 1. The van der Waals surface area contributed by atoms with Gasteiger partial charge in [0.25, 0.3) is 0 Å². The first-order valence-corrected chi connectivity index (χ1v) is 11.4. The fourth-order valence-corrected chi connectivity index (χ4v) is 3.73. The van der Waals surface area contributed by atoms with Crippen LogP contribution < -0.4 is 15.5 Å². The number of anilines is 1. The molecule has 0 saturated carbocycles. The van der Waals surface area contributed by atoms with Gasteiger partial charge in [0.15, 0.2) is 0 Å². The number of hydrogen-bond donors (Lipinski definition) is 2. The summed E-state index contributed by atoms with van der Waals surface area (Å²) in [7, 11) is 0. The molecule has 4 rings (SSSR count). The molecule has 0 spiro atoms. The largest absolute Gasteiger partial charge is 0.422 e. The van der Waals surface area contributed by atoms with Gasteiger partial charge in [-0.05, 0) is 60.5 Å². The van der Waals surface area contributed by atoms with E-state index in [1.165, 1.54) is 6.21 Å². The molecule has 0 aliphatic rings. The molecule has 4 aromatic carbocycles. The summed E-state index contributed by atoms with van der Waals surface area (Å²) in [6.45, 7) is 3.62. The van der Waals surface area contributed by atoms with Gasteiger partial charge in [0.1, 0.15) is 5.75 Å². The Morgan fingerprint density at radius 2 is 1.67 bits per heavy atom. The second-order valence-corrected chi connectivity index (χ2v) is 8.43. The minimum Gasteiger partial charge on any atom is -0.422 e. The standard InChI is InChI=1S/C28H22ClN3O4/c1-17-7-5-9-20(15-17)28(35)36-25-14-13-19-8-3-4-10-21(19)22(25)16-30-32-27(34)26(33)31-24-12-6-11-23(29)18(24)2/h3-16H,1-2H3,(H,31,33)(H,32,34). The van der Waals surface area contributed by atoms with E-state index in [-0.39, 0.29) is 5.75 Å². The van der Waals surface area contributed by atoms with Crippen LogP contribution in [0.1, 0.15) is 27.0 Å². The zero-order valence-corrected chi connectivity index (χ0v) is 20.3. The Bertz CT molecular complexity index is 1510. The number of ether oxygens (including phenoxy) is 1. The molecule has 0 bridgehead atoms. The summed E-state index contributed by atoms with van der Waals surface area (Å²) >= 11 is 6.06. The molecule has 0 aromatic heterocycles. The number of benzene rings is 4. The van der Waals surface area contributed by atoms with Crippen LogP contribution >= 0.6 is 11.6 Å². The topological polar surface area (TPSA) is 96.9 Å². The van der Waals surface area contributed by atoms with Crippen LogP contribution in [0.25, 0.3) is 10.8 Å². The predicted octanol–water partition coefficient (Wildman–Crippen LogP) is 5.42. The summed E-state index contributed by atoms with van der Waals surface area (Å²) in [5.41, 5.74) is 5.09. The average Bonchev–Trinajstić information content (AvgIpc) is 2.87. The SMILES string of the molecule is Cc1cccc(C(=O)Oc2ccc3ccccc3c2C=NNC(=O)C(=O)Nc2cccc(Cl)c2C)c1. The molecule has 0 fully saturated rings. The highest BCUT2D eigenvalue weighted by molar-refractivity contribution is 6.40. The maximum absolute atomic E-state index is 12.8. The van der Waals surface area contributed by atoms with Crippen LogP contribution in [0, 0.1) is 13.8 Å². The van der Waals surface area contributed by atoms with E-state index in [9.17, 15) is 14.4 Å². The van der Waals surface area contributed by atoms with Crippen molar-refractivity contribution in [2.24, 2.45) is 5.10 Å². The van der Waals surface area contributed by atoms with Crippen molar-refractivity contribution in [1.82, 2.24) is 5.43 Å². The lowest BCUT2D eigenvalue weighted by Crippen LogP contribution is -2.32. The van der Waals surface area contributed by atoms with E-state index in [0.717, 1.165) is 16.3 Å². The first kappa shape index (κ1) is 24.6. The van der Waals surface area contributed by atoms with E-state index in [4.69, 9.17) is 16.3 Å². The lowest BCUT2D eigenvalue weighted by molar-refractivity contribution is -0.136. The van der Waals surface area contributed by atoms with Gasteiger partial charge in [-0.3, -0.25) is 9.59 Å².